The number of thiophene rings is 1. The molecule has 0 radical (unpaired) electrons. The van der Waals surface area contributed by atoms with Gasteiger partial charge in [0.05, 0.1) is 11.5 Å². The van der Waals surface area contributed by atoms with E-state index in [9.17, 15) is 4.79 Å². The molecule has 0 atom stereocenters. The monoisotopic (exact) mass is 315 g/mol. The van der Waals surface area contributed by atoms with E-state index in [0.717, 1.165) is 29.0 Å². The van der Waals surface area contributed by atoms with E-state index in [1.165, 1.54) is 36.1 Å². The number of benzene rings is 1. The molecular formula is C18H21NO2S. The molecule has 0 saturated heterocycles. The number of hydrogen-bond donors (Lipinski definition) is 2. The first-order valence-corrected chi connectivity index (χ1v) is 8.70. The van der Waals surface area contributed by atoms with Crippen molar-refractivity contribution in [1.29, 1.82) is 0 Å². The highest BCUT2D eigenvalue weighted by atomic mass is 32.1. The van der Waals surface area contributed by atoms with Crippen LogP contribution in [0.4, 0.5) is 5.69 Å². The van der Waals surface area contributed by atoms with Crippen molar-refractivity contribution >= 4 is 22.9 Å². The van der Waals surface area contributed by atoms with Gasteiger partial charge >= 0.3 is 0 Å². The average Bonchev–Trinajstić information content (AvgIpc) is 2.90. The Morgan fingerprint density at radius 1 is 1.14 bits per heavy atom. The normalized spacial score (nSPS) is 14.8. The molecule has 0 fully saturated rings. The van der Waals surface area contributed by atoms with Crippen LogP contribution in [-0.2, 0) is 19.4 Å². The molecule has 1 aromatic heterocycles. The summed E-state index contributed by atoms with van der Waals surface area (Å²) >= 11 is 1.63. The Hall–Kier alpha value is -1.65. The van der Waals surface area contributed by atoms with E-state index in [2.05, 4.69) is 11.4 Å². The minimum atomic E-state index is -0.0492. The Labute approximate surface area is 135 Å². The molecule has 22 heavy (non-hydrogen) atoms. The van der Waals surface area contributed by atoms with Crippen LogP contribution in [0.3, 0.4) is 0 Å². The summed E-state index contributed by atoms with van der Waals surface area (Å²) in [5, 5.41) is 12.1. The third kappa shape index (κ3) is 3.57. The number of amides is 1. The summed E-state index contributed by atoms with van der Waals surface area (Å²) in [6.07, 6.45) is 7.25. The van der Waals surface area contributed by atoms with Crippen LogP contribution in [0.15, 0.2) is 30.3 Å². The third-order valence-electron chi connectivity index (χ3n) is 4.09. The van der Waals surface area contributed by atoms with Crippen molar-refractivity contribution in [3.63, 3.8) is 0 Å². The van der Waals surface area contributed by atoms with Crippen LogP contribution in [0.2, 0.25) is 0 Å². The van der Waals surface area contributed by atoms with Gasteiger partial charge in [-0.3, -0.25) is 4.79 Å². The van der Waals surface area contributed by atoms with Crippen LogP contribution < -0.4 is 5.32 Å². The molecule has 3 rings (SSSR count). The molecule has 2 N–H and O–H groups in total. The second-order valence-electron chi connectivity index (χ2n) is 5.79. The molecule has 116 valence electrons. The second kappa shape index (κ2) is 7.07. The molecule has 1 heterocycles. The lowest BCUT2D eigenvalue weighted by atomic mass is 10.00. The molecule has 4 heteroatoms. The summed E-state index contributed by atoms with van der Waals surface area (Å²) in [6.45, 7) is -0.0169. The minimum Gasteiger partial charge on any atom is -0.392 e. The summed E-state index contributed by atoms with van der Waals surface area (Å²) in [6, 6.07) is 9.40. The SMILES string of the molecule is O=C(Nc1cccc(CO)c1)c1cc2c(s1)CCCCCC2. The van der Waals surface area contributed by atoms with Crippen molar-refractivity contribution in [3.8, 4) is 0 Å². The minimum absolute atomic E-state index is 0.0169. The van der Waals surface area contributed by atoms with Gasteiger partial charge in [-0.1, -0.05) is 25.0 Å². The lowest BCUT2D eigenvalue weighted by molar-refractivity contribution is 0.103. The number of nitrogens with one attached hydrogen (secondary N) is 1. The first-order chi connectivity index (χ1) is 10.8. The standard InChI is InChI=1S/C18H21NO2S/c20-12-13-6-5-8-15(10-13)19-18(21)17-11-14-7-3-1-2-4-9-16(14)22-17/h5-6,8,10-11,20H,1-4,7,9,12H2,(H,19,21). The molecule has 0 saturated carbocycles. The molecule has 0 spiro atoms. The van der Waals surface area contributed by atoms with Gasteiger partial charge in [0.15, 0.2) is 0 Å². The summed E-state index contributed by atoms with van der Waals surface area (Å²) in [5.41, 5.74) is 2.90. The van der Waals surface area contributed by atoms with Gasteiger partial charge in [0.1, 0.15) is 0 Å². The third-order valence-corrected chi connectivity index (χ3v) is 5.32. The Morgan fingerprint density at radius 2 is 1.95 bits per heavy atom. The van der Waals surface area contributed by atoms with E-state index in [4.69, 9.17) is 5.11 Å². The van der Waals surface area contributed by atoms with Gasteiger partial charge in [0.25, 0.3) is 5.91 Å². The summed E-state index contributed by atoms with van der Waals surface area (Å²) < 4.78 is 0. The number of rotatable bonds is 3. The molecule has 0 unspecified atom stereocenters. The van der Waals surface area contributed by atoms with E-state index in [0.29, 0.717) is 0 Å². The Bertz CT molecular complexity index is 637. The van der Waals surface area contributed by atoms with Gasteiger partial charge in [-0.05, 0) is 55.0 Å². The average molecular weight is 315 g/mol. The van der Waals surface area contributed by atoms with Crippen molar-refractivity contribution in [2.75, 3.05) is 5.32 Å². The van der Waals surface area contributed by atoms with Crippen molar-refractivity contribution in [3.05, 3.63) is 51.2 Å². The van der Waals surface area contributed by atoms with Crippen molar-refractivity contribution < 1.29 is 9.90 Å². The second-order valence-corrected chi connectivity index (χ2v) is 6.92. The molecule has 1 aliphatic carbocycles. The number of aliphatic hydroxyl groups is 1. The van der Waals surface area contributed by atoms with Gasteiger partial charge in [-0.15, -0.1) is 11.3 Å². The fraction of sp³-hybridized carbons (Fsp3) is 0.389. The molecule has 1 aromatic carbocycles. The molecule has 1 amide bonds. The summed E-state index contributed by atoms with van der Waals surface area (Å²) in [7, 11) is 0. The smallest absolute Gasteiger partial charge is 0.265 e. The predicted molar refractivity (Wildman–Crippen MR) is 90.5 cm³/mol. The highest BCUT2D eigenvalue weighted by Crippen LogP contribution is 2.29. The zero-order valence-electron chi connectivity index (χ0n) is 12.6. The largest absolute Gasteiger partial charge is 0.392 e. The quantitative estimate of drug-likeness (QED) is 0.894. The number of aryl methyl sites for hydroxylation is 2. The Morgan fingerprint density at radius 3 is 2.77 bits per heavy atom. The number of aliphatic hydroxyl groups excluding tert-OH is 1. The number of carbonyl (C=O) groups is 1. The number of hydrogen-bond acceptors (Lipinski definition) is 3. The lowest BCUT2D eigenvalue weighted by Gasteiger charge is -2.07. The zero-order valence-corrected chi connectivity index (χ0v) is 13.4. The first kappa shape index (κ1) is 15.3. The van der Waals surface area contributed by atoms with Gasteiger partial charge in [0.2, 0.25) is 0 Å². The maximum absolute atomic E-state index is 12.4. The van der Waals surface area contributed by atoms with E-state index in [1.807, 2.05) is 24.3 Å². The van der Waals surface area contributed by atoms with Crippen LogP contribution in [0, 0.1) is 0 Å². The Kier molecular flexibility index (Phi) is 4.90. The number of anilines is 1. The van der Waals surface area contributed by atoms with E-state index in [1.54, 1.807) is 11.3 Å². The van der Waals surface area contributed by atoms with Gasteiger partial charge in [-0.2, -0.15) is 0 Å². The van der Waals surface area contributed by atoms with Crippen LogP contribution in [0.1, 0.15) is 51.4 Å². The topological polar surface area (TPSA) is 49.3 Å². The molecule has 1 aliphatic rings. The fourth-order valence-electron chi connectivity index (χ4n) is 2.90. The van der Waals surface area contributed by atoms with Crippen LogP contribution in [0.5, 0.6) is 0 Å². The van der Waals surface area contributed by atoms with E-state index < -0.39 is 0 Å². The van der Waals surface area contributed by atoms with E-state index >= 15 is 0 Å². The van der Waals surface area contributed by atoms with Crippen LogP contribution in [-0.4, -0.2) is 11.0 Å². The molecular weight excluding hydrogens is 294 g/mol. The highest BCUT2D eigenvalue weighted by Gasteiger charge is 2.16. The van der Waals surface area contributed by atoms with Crippen molar-refractivity contribution in [2.24, 2.45) is 0 Å². The molecule has 0 aliphatic heterocycles. The van der Waals surface area contributed by atoms with Gasteiger partial charge in [0, 0.05) is 10.6 Å². The summed E-state index contributed by atoms with van der Waals surface area (Å²) in [4.78, 5) is 14.6. The maximum Gasteiger partial charge on any atom is 0.265 e. The number of carbonyl (C=O) groups excluding carboxylic acids is 1. The van der Waals surface area contributed by atoms with Gasteiger partial charge in [-0.25, -0.2) is 0 Å². The predicted octanol–water partition coefficient (Wildman–Crippen LogP) is 4.15. The van der Waals surface area contributed by atoms with Crippen LogP contribution in [0.25, 0.3) is 0 Å². The maximum atomic E-state index is 12.4. The summed E-state index contributed by atoms with van der Waals surface area (Å²) in [5.74, 6) is -0.0492. The van der Waals surface area contributed by atoms with Crippen molar-refractivity contribution in [1.82, 2.24) is 0 Å². The molecule has 3 nitrogen and oxygen atoms in total. The Balaban J connectivity index is 1.75. The molecule has 2 aromatic rings. The lowest BCUT2D eigenvalue weighted by Crippen LogP contribution is -2.10. The van der Waals surface area contributed by atoms with Crippen LogP contribution >= 0.6 is 11.3 Å². The van der Waals surface area contributed by atoms with Crippen molar-refractivity contribution in [2.45, 2.75) is 45.1 Å². The first-order valence-electron chi connectivity index (χ1n) is 7.89. The van der Waals surface area contributed by atoms with Gasteiger partial charge < -0.3 is 10.4 Å². The molecule has 0 bridgehead atoms. The zero-order chi connectivity index (χ0) is 15.4. The fourth-order valence-corrected chi connectivity index (χ4v) is 4.05. The van der Waals surface area contributed by atoms with E-state index in [-0.39, 0.29) is 12.5 Å². The highest BCUT2D eigenvalue weighted by molar-refractivity contribution is 7.14. The number of fused-ring (bicyclic) bond motifs is 1.